The van der Waals surface area contributed by atoms with Crippen LogP contribution in [0.1, 0.15) is 87.0 Å². The van der Waals surface area contributed by atoms with Gasteiger partial charge in [0.05, 0.1) is 6.17 Å². The molecule has 1 aliphatic carbocycles. The molecular formula is C23H44BN2O3. The van der Waals surface area contributed by atoms with E-state index in [0.717, 1.165) is 13.2 Å². The van der Waals surface area contributed by atoms with Crippen LogP contribution < -0.4 is 5.32 Å². The lowest BCUT2D eigenvalue weighted by atomic mass is 9.63. The Kier molecular flexibility index (Phi) is 9.33. The van der Waals surface area contributed by atoms with Gasteiger partial charge in [0.15, 0.2) is 0 Å². The Morgan fingerprint density at radius 2 is 1.86 bits per heavy atom. The van der Waals surface area contributed by atoms with Crippen LogP contribution in [0.15, 0.2) is 0 Å². The van der Waals surface area contributed by atoms with Gasteiger partial charge in [-0.2, -0.15) is 0 Å². The molecule has 1 radical (unpaired) electrons. The lowest BCUT2D eigenvalue weighted by Gasteiger charge is -2.46. The average molecular weight is 407 g/mol. The van der Waals surface area contributed by atoms with E-state index in [-0.39, 0.29) is 18.1 Å². The minimum Gasteiger partial charge on any atom is -0.444 e. The smallest absolute Gasteiger partial charge is 0.408 e. The van der Waals surface area contributed by atoms with Crippen LogP contribution in [-0.2, 0) is 9.39 Å². The Labute approximate surface area is 179 Å². The first-order chi connectivity index (χ1) is 13.6. The standard InChI is InChI=1S/C23H44BN2O3/c1-8-26-18(4)17(3)15-28-24-20(19-13-11-9-10-12-16(2)14-19)21(26)25-22(27)29-23(5,6)7/h16-21H,8-15H2,1-7H3,(H,25,27). The van der Waals surface area contributed by atoms with E-state index in [1.807, 2.05) is 28.3 Å². The van der Waals surface area contributed by atoms with Gasteiger partial charge in [-0.1, -0.05) is 52.9 Å². The Morgan fingerprint density at radius 3 is 2.52 bits per heavy atom. The lowest BCUT2D eigenvalue weighted by Crippen LogP contribution is -2.59. The molecule has 0 aromatic carbocycles. The van der Waals surface area contributed by atoms with Gasteiger partial charge in [0, 0.05) is 12.6 Å². The van der Waals surface area contributed by atoms with Gasteiger partial charge < -0.3 is 14.7 Å². The van der Waals surface area contributed by atoms with E-state index in [1.165, 1.54) is 38.5 Å². The van der Waals surface area contributed by atoms with E-state index in [1.54, 1.807) is 0 Å². The van der Waals surface area contributed by atoms with Gasteiger partial charge in [-0.25, -0.2) is 4.79 Å². The molecule has 29 heavy (non-hydrogen) atoms. The molecule has 1 heterocycles. The number of amides is 1. The highest BCUT2D eigenvalue weighted by Gasteiger charge is 2.41. The van der Waals surface area contributed by atoms with E-state index in [2.05, 4.69) is 37.9 Å². The topological polar surface area (TPSA) is 50.8 Å². The molecule has 1 aliphatic heterocycles. The van der Waals surface area contributed by atoms with Crippen molar-refractivity contribution in [3.05, 3.63) is 0 Å². The zero-order valence-electron chi connectivity index (χ0n) is 19.9. The highest BCUT2D eigenvalue weighted by molar-refractivity contribution is 6.30. The molecule has 6 heteroatoms. The molecule has 0 spiro atoms. The molecule has 1 amide bonds. The summed E-state index contributed by atoms with van der Waals surface area (Å²) in [6.07, 6.45) is 7.17. The second kappa shape index (κ2) is 11.0. The van der Waals surface area contributed by atoms with Crippen molar-refractivity contribution in [2.75, 3.05) is 13.2 Å². The monoisotopic (exact) mass is 407 g/mol. The van der Waals surface area contributed by atoms with Crippen LogP contribution in [0.25, 0.3) is 0 Å². The van der Waals surface area contributed by atoms with Crippen molar-refractivity contribution in [2.24, 2.45) is 17.8 Å². The molecule has 1 N–H and O–H groups in total. The van der Waals surface area contributed by atoms with Crippen molar-refractivity contribution < 1.29 is 14.2 Å². The number of hydrogen-bond donors (Lipinski definition) is 1. The number of nitrogens with one attached hydrogen (secondary N) is 1. The molecular weight excluding hydrogens is 363 g/mol. The number of carbonyl (C=O) groups is 1. The minimum atomic E-state index is -0.508. The fraction of sp³-hybridized carbons (Fsp3) is 0.957. The summed E-state index contributed by atoms with van der Waals surface area (Å²) in [5.74, 6) is 1.79. The van der Waals surface area contributed by atoms with Gasteiger partial charge in [0.25, 0.3) is 7.48 Å². The molecule has 2 aliphatic rings. The summed E-state index contributed by atoms with van der Waals surface area (Å²) < 4.78 is 11.7. The third-order valence-electron chi connectivity index (χ3n) is 6.73. The molecule has 0 aromatic heterocycles. The van der Waals surface area contributed by atoms with Crippen molar-refractivity contribution in [3.63, 3.8) is 0 Å². The van der Waals surface area contributed by atoms with Crippen LogP contribution in [0.2, 0.25) is 5.82 Å². The van der Waals surface area contributed by atoms with Gasteiger partial charge in [-0.15, -0.1) is 0 Å². The molecule has 1 saturated heterocycles. The largest absolute Gasteiger partial charge is 0.444 e. The summed E-state index contributed by atoms with van der Waals surface area (Å²) in [6, 6.07) is 0.321. The molecule has 1 saturated carbocycles. The van der Waals surface area contributed by atoms with Crippen LogP contribution in [-0.4, -0.2) is 49.4 Å². The average Bonchev–Trinajstić information content (AvgIpc) is 2.59. The molecule has 6 unspecified atom stereocenters. The summed E-state index contributed by atoms with van der Waals surface area (Å²) in [7, 11) is 2.05. The third kappa shape index (κ3) is 7.47. The molecule has 167 valence electrons. The number of alkyl carbamates (subject to hydrolysis) is 1. The lowest BCUT2D eigenvalue weighted by molar-refractivity contribution is 0.0159. The fourth-order valence-corrected chi connectivity index (χ4v) is 4.97. The van der Waals surface area contributed by atoms with Crippen molar-refractivity contribution in [1.29, 1.82) is 0 Å². The first-order valence-corrected chi connectivity index (χ1v) is 11.8. The highest BCUT2D eigenvalue weighted by Crippen LogP contribution is 2.38. The third-order valence-corrected chi connectivity index (χ3v) is 6.73. The second-order valence-electron chi connectivity index (χ2n) is 10.4. The fourth-order valence-electron chi connectivity index (χ4n) is 4.97. The Balaban J connectivity index is 2.29. The van der Waals surface area contributed by atoms with Crippen molar-refractivity contribution in [3.8, 4) is 0 Å². The number of ether oxygens (including phenoxy) is 1. The van der Waals surface area contributed by atoms with Gasteiger partial charge in [0.1, 0.15) is 5.60 Å². The van der Waals surface area contributed by atoms with Crippen molar-refractivity contribution >= 4 is 13.6 Å². The van der Waals surface area contributed by atoms with E-state index >= 15 is 0 Å². The summed E-state index contributed by atoms with van der Waals surface area (Å²) in [4.78, 5) is 15.2. The van der Waals surface area contributed by atoms with Crippen LogP contribution in [0.3, 0.4) is 0 Å². The summed E-state index contributed by atoms with van der Waals surface area (Å²) in [5, 5.41) is 3.25. The van der Waals surface area contributed by atoms with Gasteiger partial charge in [-0.05, 0) is 64.2 Å². The normalized spacial score (nSPS) is 35.4. The van der Waals surface area contributed by atoms with Crippen LogP contribution in [0.4, 0.5) is 4.79 Å². The van der Waals surface area contributed by atoms with E-state index in [0.29, 0.717) is 23.8 Å². The first-order valence-electron chi connectivity index (χ1n) is 11.8. The van der Waals surface area contributed by atoms with E-state index in [9.17, 15) is 4.79 Å². The summed E-state index contributed by atoms with van der Waals surface area (Å²) in [6.45, 7) is 16.4. The Bertz CT molecular complexity index is 511. The van der Waals surface area contributed by atoms with E-state index < -0.39 is 5.60 Å². The number of carbonyl (C=O) groups excluding carboxylic acids is 1. The van der Waals surface area contributed by atoms with Crippen LogP contribution in [0.5, 0.6) is 0 Å². The number of hydrogen-bond acceptors (Lipinski definition) is 4. The zero-order chi connectivity index (χ0) is 21.6. The SMILES string of the molecule is CCN1C(C)C(C)CO[B]C(C2CCCCCC(C)C2)C1NC(=O)OC(C)(C)C. The maximum absolute atomic E-state index is 12.8. The minimum absolute atomic E-state index is 0.107. The van der Waals surface area contributed by atoms with Gasteiger partial charge in [-0.3, -0.25) is 4.90 Å². The molecule has 2 fully saturated rings. The highest BCUT2D eigenvalue weighted by atomic mass is 16.6. The maximum Gasteiger partial charge on any atom is 0.408 e. The predicted octanol–water partition coefficient (Wildman–Crippen LogP) is 5.23. The van der Waals surface area contributed by atoms with Crippen molar-refractivity contribution in [1.82, 2.24) is 10.2 Å². The second-order valence-corrected chi connectivity index (χ2v) is 10.4. The van der Waals surface area contributed by atoms with Crippen LogP contribution >= 0.6 is 0 Å². The van der Waals surface area contributed by atoms with Crippen molar-refractivity contribution in [2.45, 2.75) is 111 Å². The zero-order valence-corrected chi connectivity index (χ0v) is 19.9. The van der Waals surface area contributed by atoms with Gasteiger partial charge in [0.2, 0.25) is 0 Å². The molecule has 5 nitrogen and oxygen atoms in total. The molecule has 6 atom stereocenters. The Hall–Kier alpha value is -0.745. The molecule has 0 aromatic rings. The quantitative estimate of drug-likeness (QED) is 0.651. The number of rotatable bonds is 3. The molecule has 2 rings (SSSR count). The summed E-state index contributed by atoms with van der Waals surface area (Å²) in [5.41, 5.74) is -0.508. The molecule has 0 bridgehead atoms. The summed E-state index contributed by atoms with van der Waals surface area (Å²) >= 11 is 0. The maximum atomic E-state index is 12.8. The Morgan fingerprint density at radius 1 is 1.17 bits per heavy atom. The first kappa shape index (κ1) is 24.5. The van der Waals surface area contributed by atoms with E-state index in [4.69, 9.17) is 9.39 Å². The van der Waals surface area contributed by atoms with Gasteiger partial charge >= 0.3 is 6.09 Å². The predicted molar refractivity (Wildman–Crippen MR) is 120 cm³/mol. The van der Waals surface area contributed by atoms with Crippen LogP contribution in [0, 0.1) is 17.8 Å². The number of nitrogens with zero attached hydrogens (tertiary/aromatic N) is 1.